The van der Waals surface area contributed by atoms with E-state index in [0.29, 0.717) is 6.42 Å². The third-order valence-electron chi connectivity index (χ3n) is 4.11. The number of halogens is 1. The maximum Gasteiger partial charge on any atom is 0.150 e. The van der Waals surface area contributed by atoms with E-state index in [1.807, 2.05) is 24.3 Å². The van der Waals surface area contributed by atoms with Gasteiger partial charge in [-0.3, -0.25) is 0 Å². The lowest BCUT2D eigenvalue weighted by Crippen LogP contribution is -2.11. The molecule has 0 N–H and O–H groups in total. The van der Waals surface area contributed by atoms with Crippen LogP contribution in [0, 0.1) is 5.92 Å². The second-order valence-corrected chi connectivity index (χ2v) is 8.68. The Morgan fingerprint density at radius 2 is 2.00 bits per heavy atom. The minimum absolute atomic E-state index is 0.0178. The maximum absolute atomic E-state index is 11.7. The van der Waals surface area contributed by atoms with Gasteiger partial charge in [0.15, 0.2) is 9.84 Å². The molecule has 2 aromatic carbocycles. The van der Waals surface area contributed by atoms with Crippen LogP contribution < -0.4 is 4.74 Å². The predicted octanol–water partition coefficient (Wildman–Crippen LogP) is 3.72. The molecule has 1 saturated heterocycles. The van der Waals surface area contributed by atoms with Gasteiger partial charge in [-0.1, -0.05) is 46.3 Å². The van der Waals surface area contributed by atoms with E-state index in [1.165, 1.54) is 0 Å². The number of rotatable bonds is 3. The Bertz CT molecular complexity index is 770. The number of alkyl halides is 1. The van der Waals surface area contributed by atoms with E-state index in [-0.39, 0.29) is 22.3 Å². The van der Waals surface area contributed by atoms with Crippen molar-refractivity contribution in [3.63, 3.8) is 0 Å². The highest BCUT2D eigenvalue weighted by molar-refractivity contribution is 9.09. The van der Waals surface area contributed by atoms with Gasteiger partial charge in [0.25, 0.3) is 0 Å². The molecule has 21 heavy (non-hydrogen) atoms. The number of methoxy groups -OCH3 is 1. The molecule has 1 fully saturated rings. The summed E-state index contributed by atoms with van der Waals surface area (Å²) in [6.45, 7) is 0. The van der Waals surface area contributed by atoms with E-state index in [9.17, 15) is 8.42 Å². The molecule has 3 nitrogen and oxygen atoms in total. The fraction of sp³-hybridized carbons (Fsp3) is 0.375. The van der Waals surface area contributed by atoms with Crippen LogP contribution in [-0.4, -0.2) is 27.0 Å². The van der Waals surface area contributed by atoms with Crippen LogP contribution in [0.1, 0.15) is 16.8 Å². The number of ether oxygens (including phenoxy) is 1. The van der Waals surface area contributed by atoms with Crippen molar-refractivity contribution in [3.05, 3.63) is 42.0 Å². The van der Waals surface area contributed by atoms with Crippen LogP contribution in [0.15, 0.2) is 36.4 Å². The molecule has 0 bridgehead atoms. The Labute approximate surface area is 133 Å². The van der Waals surface area contributed by atoms with Gasteiger partial charge in [0.1, 0.15) is 5.75 Å². The Morgan fingerprint density at radius 3 is 2.67 bits per heavy atom. The molecule has 0 saturated carbocycles. The summed E-state index contributed by atoms with van der Waals surface area (Å²) in [4.78, 5) is -0.0178. The normalized spacial score (nSPS) is 22.3. The van der Waals surface area contributed by atoms with Crippen LogP contribution in [0.2, 0.25) is 0 Å². The third-order valence-corrected chi connectivity index (χ3v) is 7.11. The fourth-order valence-electron chi connectivity index (χ4n) is 3.03. The van der Waals surface area contributed by atoms with Crippen molar-refractivity contribution in [1.29, 1.82) is 0 Å². The average molecular weight is 369 g/mol. The number of sulfone groups is 1. The molecule has 0 amide bonds. The van der Waals surface area contributed by atoms with Crippen LogP contribution in [-0.2, 0) is 9.84 Å². The van der Waals surface area contributed by atoms with E-state index < -0.39 is 9.84 Å². The van der Waals surface area contributed by atoms with E-state index in [2.05, 4.69) is 28.1 Å². The molecule has 112 valence electrons. The summed E-state index contributed by atoms with van der Waals surface area (Å²) >= 11 is 3.73. The van der Waals surface area contributed by atoms with Crippen LogP contribution in [0.25, 0.3) is 10.8 Å². The maximum atomic E-state index is 11.7. The quantitative estimate of drug-likeness (QED) is 0.775. The molecule has 1 aliphatic heterocycles. The SMILES string of the molecule is COc1ccc2ccccc2c1C(Br)C1CCS(=O)(=O)C1. The molecule has 3 rings (SSSR count). The molecule has 1 heterocycles. The zero-order valence-corrected chi connectivity index (χ0v) is 14.2. The van der Waals surface area contributed by atoms with Crippen molar-refractivity contribution in [2.75, 3.05) is 18.6 Å². The summed E-state index contributed by atoms with van der Waals surface area (Å²) in [5.41, 5.74) is 1.05. The summed E-state index contributed by atoms with van der Waals surface area (Å²) in [7, 11) is -1.24. The third kappa shape index (κ3) is 2.81. The van der Waals surface area contributed by atoms with Crippen molar-refractivity contribution in [2.45, 2.75) is 11.2 Å². The Hall–Kier alpha value is -1.07. The topological polar surface area (TPSA) is 43.4 Å². The summed E-state index contributed by atoms with van der Waals surface area (Å²) in [5, 5.41) is 2.25. The second kappa shape index (κ2) is 5.61. The first kappa shape index (κ1) is 14.9. The van der Waals surface area contributed by atoms with Gasteiger partial charge in [-0.05, 0) is 29.2 Å². The highest BCUT2D eigenvalue weighted by atomic mass is 79.9. The smallest absolute Gasteiger partial charge is 0.150 e. The van der Waals surface area contributed by atoms with Crippen LogP contribution >= 0.6 is 15.9 Å². The second-order valence-electron chi connectivity index (χ2n) is 5.47. The van der Waals surface area contributed by atoms with E-state index in [1.54, 1.807) is 7.11 Å². The molecule has 1 aliphatic rings. The zero-order valence-electron chi connectivity index (χ0n) is 11.8. The molecule has 0 spiro atoms. The number of hydrogen-bond acceptors (Lipinski definition) is 3. The Morgan fingerprint density at radius 1 is 1.24 bits per heavy atom. The lowest BCUT2D eigenvalue weighted by molar-refractivity contribution is 0.406. The Kier molecular flexibility index (Phi) is 3.97. The molecular weight excluding hydrogens is 352 g/mol. The van der Waals surface area contributed by atoms with E-state index >= 15 is 0 Å². The monoisotopic (exact) mass is 368 g/mol. The number of benzene rings is 2. The molecular formula is C16H17BrO3S. The fourth-order valence-corrected chi connectivity index (χ4v) is 6.04. The first-order valence-electron chi connectivity index (χ1n) is 6.92. The highest BCUT2D eigenvalue weighted by Gasteiger charge is 2.35. The standard InChI is InChI=1S/C16H17BrO3S/c1-20-14-7-6-11-4-2-3-5-13(11)15(14)16(17)12-8-9-21(18,19)10-12/h2-7,12,16H,8-10H2,1H3. The van der Waals surface area contributed by atoms with Crippen molar-refractivity contribution < 1.29 is 13.2 Å². The van der Waals surface area contributed by atoms with E-state index in [0.717, 1.165) is 22.1 Å². The van der Waals surface area contributed by atoms with Crippen LogP contribution in [0.4, 0.5) is 0 Å². The first-order chi connectivity index (χ1) is 10.0. The van der Waals surface area contributed by atoms with Crippen molar-refractivity contribution in [3.8, 4) is 5.75 Å². The molecule has 2 atom stereocenters. The first-order valence-corrected chi connectivity index (χ1v) is 9.65. The lowest BCUT2D eigenvalue weighted by Gasteiger charge is -2.21. The molecule has 0 radical (unpaired) electrons. The largest absolute Gasteiger partial charge is 0.496 e. The van der Waals surface area contributed by atoms with Gasteiger partial charge in [-0.2, -0.15) is 0 Å². The van der Waals surface area contributed by atoms with Crippen molar-refractivity contribution in [1.82, 2.24) is 0 Å². The Balaban J connectivity index is 2.10. The minimum Gasteiger partial charge on any atom is -0.496 e. The van der Waals surface area contributed by atoms with Crippen LogP contribution in [0.3, 0.4) is 0 Å². The van der Waals surface area contributed by atoms with Crippen molar-refractivity contribution in [2.24, 2.45) is 5.92 Å². The molecule has 0 aromatic heterocycles. The van der Waals surface area contributed by atoms with Gasteiger partial charge >= 0.3 is 0 Å². The van der Waals surface area contributed by atoms with Gasteiger partial charge in [-0.25, -0.2) is 8.42 Å². The van der Waals surface area contributed by atoms with Gasteiger partial charge in [-0.15, -0.1) is 0 Å². The van der Waals surface area contributed by atoms with Gasteiger partial charge in [0.05, 0.1) is 18.6 Å². The summed E-state index contributed by atoms with van der Waals surface area (Å²) in [6, 6.07) is 12.1. The average Bonchev–Trinajstić information content (AvgIpc) is 2.85. The zero-order chi connectivity index (χ0) is 15.0. The molecule has 2 aromatic rings. The lowest BCUT2D eigenvalue weighted by atomic mass is 9.93. The van der Waals surface area contributed by atoms with Gasteiger partial charge in [0.2, 0.25) is 0 Å². The molecule has 2 unspecified atom stereocenters. The molecule has 5 heteroatoms. The van der Waals surface area contributed by atoms with Gasteiger partial charge < -0.3 is 4.74 Å². The summed E-state index contributed by atoms with van der Waals surface area (Å²) in [6.07, 6.45) is 0.699. The summed E-state index contributed by atoms with van der Waals surface area (Å²) in [5.74, 6) is 1.43. The predicted molar refractivity (Wildman–Crippen MR) is 88.9 cm³/mol. The number of fused-ring (bicyclic) bond motifs is 1. The highest BCUT2D eigenvalue weighted by Crippen LogP contribution is 2.44. The van der Waals surface area contributed by atoms with Crippen molar-refractivity contribution >= 4 is 36.5 Å². The van der Waals surface area contributed by atoms with Crippen LogP contribution in [0.5, 0.6) is 5.75 Å². The van der Waals surface area contributed by atoms with Gasteiger partial charge in [0, 0.05) is 10.4 Å². The summed E-state index contributed by atoms with van der Waals surface area (Å²) < 4.78 is 29.0. The molecule has 0 aliphatic carbocycles. The number of hydrogen-bond donors (Lipinski definition) is 0. The minimum atomic E-state index is -2.89. The van der Waals surface area contributed by atoms with E-state index in [4.69, 9.17) is 4.74 Å².